The maximum Gasteiger partial charge on any atom is 0.303 e. The number of halogens is 2. The molecule has 0 aromatic heterocycles. The summed E-state index contributed by atoms with van der Waals surface area (Å²) in [5, 5.41) is 8.46. The summed E-state index contributed by atoms with van der Waals surface area (Å²) < 4.78 is 0. The van der Waals surface area contributed by atoms with Gasteiger partial charge in [0, 0.05) is 32.6 Å². The molecule has 15 heavy (non-hydrogen) atoms. The molecule has 1 N–H and O–H groups in total. The third-order valence-corrected chi connectivity index (χ3v) is 2.46. The number of piperazine rings is 1. The summed E-state index contributed by atoms with van der Waals surface area (Å²) in [6, 6.07) is 0. The number of carboxylic acid groups (broad SMARTS) is 1. The van der Waals surface area contributed by atoms with Crippen LogP contribution in [0, 0.1) is 0 Å². The first kappa shape index (κ1) is 17.4. The fraction of sp³-hybridized carbons (Fsp3) is 0.889. The SMILES string of the molecule is CN1CCN(CCCC(=O)O)CC1.Cl.Cl. The summed E-state index contributed by atoms with van der Waals surface area (Å²) in [7, 11) is 2.12. The second kappa shape index (κ2) is 9.21. The Hall–Kier alpha value is -0.0300. The normalized spacial score (nSPS) is 17.7. The fourth-order valence-corrected chi connectivity index (χ4v) is 1.53. The van der Waals surface area contributed by atoms with Crippen LogP contribution in [0.5, 0.6) is 0 Å². The van der Waals surface area contributed by atoms with Gasteiger partial charge in [-0.15, -0.1) is 24.8 Å². The van der Waals surface area contributed by atoms with E-state index in [4.69, 9.17) is 5.11 Å². The first-order valence-corrected chi connectivity index (χ1v) is 4.81. The van der Waals surface area contributed by atoms with Crippen LogP contribution >= 0.6 is 24.8 Å². The molecule has 92 valence electrons. The van der Waals surface area contributed by atoms with Crippen LogP contribution in [-0.4, -0.2) is 60.6 Å². The number of carboxylic acids is 1. The Bertz CT molecular complexity index is 173. The van der Waals surface area contributed by atoms with Gasteiger partial charge < -0.3 is 14.9 Å². The molecule has 0 saturated carbocycles. The summed E-state index contributed by atoms with van der Waals surface area (Å²) in [6.45, 7) is 5.30. The number of likely N-dealkylation sites (N-methyl/N-ethyl adjacent to an activating group) is 1. The summed E-state index contributed by atoms with van der Waals surface area (Å²) in [5.41, 5.74) is 0. The summed E-state index contributed by atoms with van der Waals surface area (Å²) in [5.74, 6) is -0.686. The Morgan fingerprint density at radius 2 is 1.73 bits per heavy atom. The molecular formula is C9H20Cl2N2O2. The largest absolute Gasteiger partial charge is 0.481 e. The van der Waals surface area contributed by atoms with Gasteiger partial charge in [0.05, 0.1) is 0 Å². The Morgan fingerprint density at radius 3 is 2.20 bits per heavy atom. The number of hydrogen-bond acceptors (Lipinski definition) is 3. The maximum absolute atomic E-state index is 10.3. The molecule has 1 saturated heterocycles. The van der Waals surface area contributed by atoms with Crippen molar-refractivity contribution in [2.75, 3.05) is 39.8 Å². The summed E-state index contributed by atoms with van der Waals surface area (Å²) >= 11 is 0. The highest BCUT2D eigenvalue weighted by atomic mass is 35.5. The van der Waals surface area contributed by atoms with E-state index in [1.54, 1.807) is 0 Å². The minimum atomic E-state index is -0.686. The topological polar surface area (TPSA) is 43.8 Å². The van der Waals surface area contributed by atoms with Gasteiger partial charge in [0.25, 0.3) is 0 Å². The van der Waals surface area contributed by atoms with E-state index in [1.807, 2.05) is 0 Å². The molecule has 0 unspecified atom stereocenters. The molecule has 1 rings (SSSR count). The lowest BCUT2D eigenvalue weighted by atomic mass is 10.2. The molecule has 0 atom stereocenters. The predicted octanol–water partition coefficient (Wildman–Crippen LogP) is 0.942. The standard InChI is InChI=1S/C9H18N2O2.2ClH/c1-10-5-7-11(8-6-10)4-2-3-9(12)13;;/h2-8H2,1H3,(H,12,13);2*1H. The van der Waals surface area contributed by atoms with Crippen LogP contribution in [-0.2, 0) is 4.79 Å². The van der Waals surface area contributed by atoms with Crippen molar-refractivity contribution < 1.29 is 9.90 Å². The van der Waals surface area contributed by atoms with Crippen LogP contribution in [0.4, 0.5) is 0 Å². The van der Waals surface area contributed by atoms with E-state index in [9.17, 15) is 4.79 Å². The van der Waals surface area contributed by atoms with Gasteiger partial charge in [-0.25, -0.2) is 0 Å². The Labute approximate surface area is 103 Å². The van der Waals surface area contributed by atoms with E-state index in [-0.39, 0.29) is 24.8 Å². The Morgan fingerprint density at radius 1 is 1.20 bits per heavy atom. The molecule has 1 aliphatic rings. The molecule has 1 heterocycles. The van der Waals surface area contributed by atoms with Crippen molar-refractivity contribution in [2.45, 2.75) is 12.8 Å². The van der Waals surface area contributed by atoms with E-state index in [1.165, 1.54) is 0 Å². The molecule has 0 radical (unpaired) electrons. The summed E-state index contributed by atoms with van der Waals surface area (Å²) in [6.07, 6.45) is 1.07. The Kier molecular flexibility index (Phi) is 10.7. The number of carbonyl (C=O) groups is 1. The molecule has 0 aromatic rings. The van der Waals surface area contributed by atoms with Crippen LogP contribution in [0.15, 0.2) is 0 Å². The molecule has 0 aromatic carbocycles. The lowest BCUT2D eigenvalue weighted by Crippen LogP contribution is -2.44. The van der Waals surface area contributed by atoms with Crippen molar-refractivity contribution >= 4 is 30.8 Å². The van der Waals surface area contributed by atoms with Gasteiger partial charge >= 0.3 is 5.97 Å². The van der Waals surface area contributed by atoms with Gasteiger partial charge in [0.1, 0.15) is 0 Å². The lowest BCUT2D eigenvalue weighted by molar-refractivity contribution is -0.137. The van der Waals surface area contributed by atoms with Crippen molar-refractivity contribution in [3.63, 3.8) is 0 Å². The molecule has 0 aliphatic carbocycles. The monoisotopic (exact) mass is 258 g/mol. The molecule has 1 fully saturated rings. The van der Waals surface area contributed by atoms with Crippen LogP contribution < -0.4 is 0 Å². The van der Waals surface area contributed by atoms with E-state index in [0.29, 0.717) is 6.42 Å². The van der Waals surface area contributed by atoms with Gasteiger partial charge in [-0.05, 0) is 20.0 Å². The quantitative estimate of drug-likeness (QED) is 0.816. The molecule has 0 spiro atoms. The van der Waals surface area contributed by atoms with E-state index in [2.05, 4.69) is 16.8 Å². The second-order valence-electron chi connectivity index (χ2n) is 3.64. The second-order valence-corrected chi connectivity index (χ2v) is 3.64. The van der Waals surface area contributed by atoms with Gasteiger partial charge in [-0.2, -0.15) is 0 Å². The highest BCUT2D eigenvalue weighted by Crippen LogP contribution is 2.01. The van der Waals surface area contributed by atoms with Crippen LogP contribution in [0.1, 0.15) is 12.8 Å². The molecule has 0 amide bonds. The van der Waals surface area contributed by atoms with Crippen molar-refractivity contribution in [3.8, 4) is 0 Å². The zero-order chi connectivity index (χ0) is 9.68. The van der Waals surface area contributed by atoms with E-state index >= 15 is 0 Å². The average Bonchev–Trinajstić information content (AvgIpc) is 2.08. The fourth-order valence-electron chi connectivity index (χ4n) is 1.53. The molecule has 4 nitrogen and oxygen atoms in total. The molecule has 6 heteroatoms. The van der Waals surface area contributed by atoms with Crippen LogP contribution in [0.2, 0.25) is 0 Å². The summed E-state index contributed by atoms with van der Waals surface area (Å²) in [4.78, 5) is 14.9. The van der Waals surface area contributed by atoms with Gasteiger partial charge in [0.15, 0.2) is 0 Å². The highest BCUT2D eigenvalue weighted by Gasteiger charge is 2.12. The minimum absolute atomic E-state index is 0. The third kappa shape index (κ3) is 7.85. The van der Waals surface area contributed by atoms with E-state index in [0.717, 1.165) is 39.1 Å². The smallest absolute Gasteiger partial charge is 0.303 e. The highest BCUT2D eigenvalue weighted by molar-refractivity contribution is 5.85. The molecule has 1 aliphatic heterocycles. The zero-order valence-electron chi connectivity index (χ0n) is 9.02. The predicted molar refractivity (Wildman–Crippen MR) is 65.3 cm³/mol. The lowest BCUT2D eigenvalue weighted by Gasteiger charge is -2.32. The van der Waals surface area contributed by atoms with Crippen LogP contribution in [0.3, 0.4) is 0 Å². The van der Waals surface area contributed by atoms with E-state index < -0.39 is 5.97 Å². The van der Waals surface area contributed by atoms with Gasteiger partial charge in [-0.1, -0.05) is 0 Å². The van der Waals surface area contributed by atoms with Crippen molar-refractivity contribution in [1.29, 1.82) is 0 Å². The number of rotatable bonds is 4. The van der Waals surface area contributed by atoms with Crippen LogP contribution in [0.25, 0.3) is 0 Å². The molecular weight excluding hydrogens is 239 g/mol. The number of aliphatic carboxylic acids is 1. The third-order valence-electron chi connectivity index (χ3n) is 2.46. The molecule has 0 bridgehead atoms. The minimum Gasteiger partial charge on any atom is -0.481 e. The number of hydrogen-bond donors (Lipinski definition) is 1. The first-order chi connectivity index (χ1) is 6.18. The average molecular weight is 259 g/mol. The van der Waals surface area contributed by atoms with Gasteiger partial charge in [0.2, 0.25) is 0 Å². The zero-order valence-corrected chi connectivity index (χ0v) is 10.6. The van der Waals surface area contributed by atoms with Crippen molar-refractivity contribution in [3.05, 3.63) is 0 Å². The van der Waals surface area contributed by atoms with Crippen molar-refractivity contribution in [2.24, 2.45) is 0 Å². The van der Waals surface area contributed by atoms with Gasteiger partial charge in [-0.3, -0.25) is 4.79 Å². The van der Waals surface area contributed by atoms with Crippen molar-refractivity contribution in [1.82, 2.24) is 9.80 Å². The maximum atomic E-state index is 10.3. The number of nitrogens with zero attached hydrogens (tertiary/aromatic N) is 2. The Balaban J connectivity index is 0. The first-order valence-electron chi connectivity index (χ1n) is 4.81.